The summed E-state index contributed by atoms with van der Waals surface area (Å²) in [6.07, 6.45) is 0.556. The molecular weight excluding hydrogens is 231 g/mol. The molecule has 2 rings (SSSR count). The molecule has 0 amide bonds. The van der Waals surface area contributed by atoms with Gasteiger partial charge in [-0.2, -0.15) is 0 Å². The highest BCUT2D eigenvalue weighted by molar-refractivity contribution is 6.12. The van der Waals surface area contributed by atoms with Crippen molar-refractivity contribution in [2.24, 2.45) is 0 Å². The molecule has 0 unspecified atom stereocenters. The molecule has 18 heavy (non-hydrogen) atoms. The fraction of sp³-hybridized carbons (Fsp3) is 0.0667. The van der Waals surface area contributed by atoms with Crippen LogP contribution in [0.15, 0.2) is 42.5 Å². The van der Waals surface area contributed by atoms with Crippen LogP contribution in [0.3, 0.4) is 0 Å². The third kappa shape index (κ3) is 2.35. The lowest BCUT2D eigenvalue weighted by Gasteiger charge is -2.04. The number of hydrogen-bond donors (Lipinski definition) is 0. The van der Waals surface area contributed by atoms with Crippen LogP contribution in [0.4, 0.5) is 4.39 Å². The Morgan fingerprint density at radius 1 is 1.11 bits per heavy atom. The van der Waals surface area contributed by atoms with E-state index in [-0.39, 0.29) is 16.9 Å². The molecule has 3 heteroatoms. The Balaban J connectivity index is 2.48. The third-order valence-corrected chi connectivity index (χ3v) is 2.70. The van der Waals surface area contributed by atoms with Crippen molar-refractivity contribution in [1.82, 2.24) is 0 Å². The van der Waals surface area contributed by atoms with E-state index in [0.29, 0.717) is 11.8 Å². The van der Waals surface area contributed by atoms with Gasteiger partial charge in [0.2, 0.25) is 0 Å². The molecule has 0 aliphatic carbocycles. The predicted octanol–water partition coefficient (Wildman–Crippen LogP) is 3.18. The summed E-state index contributed by atoms with van der Waals surface area (Å²) in [6.45, 7) is 1.91. The summed E-state index contributed by atoms with van der Waals surface area (Å²) in [4.78, 5) is 23.0. The number of aryl methyl sites for hydroxylation is 1. The van der Waals surface area contributed by atoms with Crippen molar-refractivity contribution in [3.63, 3.8) is 0 Å². The van der Waals surface area contributed by atoms with E-state index >= 15 is 0 Å². The van der Waals surface area contributed by atoms with Crippen LogP contribution in [0.25, 0.3) is 0 Å². The van der Waals surface area contributed by atoms with Gasteiger partial charge < -0.3 is 0 Å². The van der Waals surface area contributed by atoms with Crippen molar-refractivity contribution in [3.8, 4) is 0 Å². The zero-order valence-electron chi connectivity index (χ0n) is 9.81. The van der Waals surface area contributed by atoms with Crippen molar-refractivity contribution in [2.75, 3.05) is 0 Å². The average molecular weight is 242 g/mol. The van der Waals surface area contributed by atoms with Crippen molar-refractivity contribution < 1.29 is 14.0 Å². The monoisotopic (exact) mass is 242 g/mol. The average Bonchev–Trinajstić information content (AvgIpc) is 2.39. The van der Waals surface area contributed by atoms with E-state index in [2.05, 4.69) is 0 Å². The quantitative estimate of drug-likeness (QED) is 0.612. The van der Waals surface area contributed by atoms with Crippen molar-refractivity contribution >= 4 is 12.1 Å². The lowest BCUT2D eigenvalue weighted by molar-refractivity contribution is 0.102. The molecule has 0 atom stereocenters. The largest absolute Gasteiger partial charge is 0.298 e. The summed E-state index contributed by atoms with van der Waals surface area (Å²) in [5, 5.41) is 0. The summed E-state index contributed by atoms with van der Waals surface area (Å²) in [7, 11) is 0. The first kappa shape index (κ1) is 12.2. The molecule has 0 saturated carbocycles. The fourth-order valence-electron chi connectivity index (χ4n) is 1.69. The van der Waals surface area contributed by atoms with E-state index in [4.69, 9.17) is 0 Å². The molecule has 0 bridgehead atoms. The van der Waals surface area contributed by atoms with Gasteiger partial charge in [0, 0.05) is 16.7 Å². The summed E-state index contributed by atoms with van der Waals surface area (Å²) >= 11 is 0. The van der Waals surface area contributed by atoms with Gasteiger partial charge in [-0.05, 0) is 25.1 Å². The Kier molecular flexibility index (Phi) is 3.33. The molecule has 0 radical (unpaired) electrons. The fourth-order valence-corrected chi connectivity index (χ4v) is 1.69. The molecule has 0 heterocycles. The van der Waals surface area contributed by atoms with Crippen LogP contribution in [0.5, 0.6) is 0 Å². The van der Waals surface area contributed by atoms with Crippen LogP contribution in [0, 0.1) is 12.7 Å². The van der Waals surface area contributed by atoms with E-state index in [1.54, 1.807) is 24.3 Å². The van der Waals surface area contributed by atoms with Gasteiger partial charge in [-0.15, -0.1) is 0 Å². The Morgan fingerprint density at radius 2 is 1.78 bits per heavy atom. The molecule has 0 N–H and O–H groups in total. The molecule has 0 aromatic heterocycles. The number of carbonyl (C=O) groups is 2. The van der Waals surface area contributed by atoms with Crippen LogP contribution < -0.4 is 0 Å². The molecule has 2 aromatic carbocycles. The highest BCUT2D eigenvalue weighted by atomic mass is 19.1. The Labute approximate surface area is 104 Å². The van der Waals surface area contributed by atoms with Crippen LogP contribution in [0.2, 0.25) is 0 Å². The van der Waals surface area contributed by atoms with E-state index in [0.717, 1.165) is 17.7 Å². The van der Waals surface area contributed by atoms with Gasteiger partial charge in [0.25, 0.3) is 0 Å². The number of halogens is 1. The Hall–Kier alpha value is -2.29. The molecule has 0 saturated heterocycles. The lowest BCUT2D eigenvalue weighted by Crippen LogP contribution is -2.05. The van der Waals surface area contributed by atoms with Crippen LogP contribution in [0.1, 0.15) is 31.8 Å². The molecule has 0 aliphatic rings. The summed E-state index contributed by atoms with van der Waals surface area (Å²) in [5.74, 6) is -0.882. The SMILES string of the molecule is Cc1ccc(C(=O)c2cc(F)ccc2C=O)cc1. The van der Waals surface area contributed by atoms with Gasteiger partial charge in [0.05, 0.1) is 0 Å². The zero-order valence-corrected chi connectivity index (χ0v) is 9.81. The van der Waals surface area contributed by atoms with Gasteiger partial charge >= 0.3 is 0 Å². The highest BCUT2D eigenvalue weighted by Gasteiger charge is 2.14. The molecule has 0 spiro atoms. The maximum atomic E-state index is 13.2. The second kappa shape index (κ2) is 4.92. The normalized spacial score (nSPS) is 10.1. The van der Waals surface area contributed by atoms with E-state index < -0.39 is 5.82 Å². The maximum Gasteiger partial charge on any atom is 0.193 e. The van der Waals surface area contributed by atoms with Crippen LogP contribution in [-0.2, 0) is 0 Å². The summed E-state index contributed by atoms with van der Waals surface area (Å²) in [5.41, 5.74) is 1.76. The molecule has 0 fully saturated rings. The summed E-state index contributed by atoms with van der Waals surface area (Å²) in [6, 6.07) is 10.5. The van der Waals surface area contributed by atoms with Crippen LogP contribution in [-0.4, -0.2) is 12.1 Å². The van der Waals surface area contributed by atoms with Gasteiger partial charge in [0.15, 0.2) is 12.1 Å². The second-order valence-electron chi connectivity index (χ2n) is 4.04. The molecular formula is C15H11FO2. The lowest BCUT2D eigenvalue weighted by atomic mass is 9.98. The minimum atomic E-state index is -0.531. The first-order chi connectivity index (χ1) is 8.61. The van der Waals surface area contributed by atoms with Gasteiger partial charge in [-0.25, -0.2) is 4.39 Å². The predicted molar refractivity (Wildman–Crippen MR) is 66.4 cm³/mol. The first-order valence-electron chi connectivity index (χ1n) is 5.48. The summed E-state index contributed by atoms with van der Waals surface area (Å²) < 4.78 is 13.2. The van der Waals surface area contributed by atoms with Crippen molar-refractivity contribution in [3.05, 3.63) is 70.5 Å². The zero-order chi connectivity index (χ0) is 13.1. The maximum absolute atomic E-state index is 13.2. The van der Waals surface area contributed by atoms with Crippen molar-refractivity contribution in [2.45, 2.75) is 6.92 Å². The highest BCUT2D eigenvalue weighted by Crippen LogP contribution is 2.15. The van der Waals surface area contributed by atoms with E-state index in [1.165, 1.54) is 6.07 Å². The van der Waals surface area contributed by atoms with E-state index in [9.17, 15) is 14.0 Å². The molecule has 0 aliphatic heterocycles. The van der Waals surface area contributed by atoms with Gasteiger partial charge in [-0.3, -0.25) is 9.59 Å². The topological polar surface area (TPSA) is 34.1 Å². The van der Waals surface area contributed by atoms with Crippen molar-refractivity contribution in [1.29, 1.82) is 0 Å². The molecule has 2 aromatic rings. The number of ketones is 1. The van der Waals surface area contributed by atoms with E-state index in [1.807, 2.05) is 6.92 Å². The van der Waals surface area contributed by atoms with Gasteiger partial charge in [0.1, 0.15) is 5.82 Å². The smallest absolute Gasteiger partial charge is 0.193 e. The Morgan fingerprint density at radius 3 is 2.39 bits per heavy atom. The molecule has 2 nitrogen and oxygen atoms in total. The number of rotatable bonds is 3. The van der Waals surface area contributed by atoms with Crippen LogP contribution >= 0.6 is 0 Å². The number of carbonyl (C=O) groups excluding carboxylic acids is 2. The third-order valence-electron chi connectivity index (χ3n) is 2.70. The minimum absolute atomic E-state index is 0.0915. The molecule has 90 valence electrons. The number of aldehydes is 1. The second-order valence-corrected chi connectivity index (χ2v) is 4.04. The number of hydrogen-bond acceptors (Lipinski definition) is 2. The minimum Gasteiger partial charge on any atom is -0.298 e. The Bertz CT molecular complexity index is 600. The first-order valence-corrected chi connectivity index (χ1v) is 5.48. The van der Waals surface area contributed by atoms with Gasteiger partial charge in [-0.1, -0.05) is 29.8 Å². The number of benzene rings is 2. The standard InChI is InChI=1S/C15H11FO2/c1-10-2-4-11(5-3-10)15(18)14-8-13(16)7-6-12(14)9-17/h2-9H,1H3.